The van der Waals surface area contributed by atoms with Gasteiger partial charge in [0, 0.05) is 21.3 Å². The number of hydrogen-bond acceptors (Lipinski definition) is 4. The summed E-state index contributed by atoms with van der Waals surface area (Å²) in [5.41, 5.74) is 3.25. The van der Waals surface area contributed by atoms with Crippen LogP contribution in [0.3, 0.4) is 0 Å². The first-order chi connectivity index (χ1) is 12.9. The van der Waals surface area contributed by atoms with E-state index in [1.807, 2.05) is 24.3 Å². The summed E-state index contributed by atoms with van der Waals surface area (Å²) in [6.07, 6.45) is 4.78. The number of benzene rings is 2. The molecule has 0 radical (unpaired) electrons. The number of nitrogens with zero attached hydrogens (tertiary/aromatic N) is 1. The van der Waals surface area contributed by atoms with Gasteiger partial charge in [-0.1, -0.05) is 54.9 Å². The fraction of sp³-hybridized carbons (Fsp3) is 0.286. The van der Waals surface area contributed by atoms with Gasteiger partial charge in [0.25, 0.3) is 0 Å². The van der Waals surface area contributed by atoms with Crippen LogP contribution in [0.15, 0.2) is 34.8 Å². The Kier molecular flexibility index (Phi) is 6.58. The van der Waals surface area contributed by atoms with Gasteiger partial charge in [0.2, 0.25) is 10.0 Å². The minimum atomic E-state index is -3.40. The molecule has 0 saturated carbocycles. The monoisotopic (exact) mass is 462 g/mol. The van der Waals surface area contributed by atoms with Gasteiger partial charge in [0.15, 0.2) is 0 Å². The van der Waals surface area contributed by atoms with Gasteiger partial charge in [0.05, 0.1) is 25.0 Å². The lowest BCUT2D eigenvalue weighted by atomic mass is 9.85. The zero-order chi connectivity index (χ0) is 21.1. The average Bonchev–Trinajstić information content (AvgIpc) is 2.57. The summed E-state index contributed by atoms with van der Waals surface area (Å²) in [5, 5.41) is 9.44. The fourth-order valence-electron chi connectivity index (χ4n) is 2.78. The molecule has 0 bridgehead atoms. The van der Waals surface area contributed by atoms with E-state index >= 15 is 0 Å². The Morgan fingerprint density at radius 1 is 1.14 bits per heavy atom. The summed E-state index contributed by atoms with van der Waals surface area (Å²) in [6, 6.07) is 11.0. The van der Waals surface area contributed by atoms with Crippen LogP contribution in [0.4, 0.5) is 5.69 Å². The van der Waals surface area contributed by atoms with Crippen molar-refractivity contribution in [2.45, 2.75) is 26.2 Å². The second-order valence-electron chi connectivity index (χ2n) is 7.45. The smallest absolute Gasteiger partial charge is 0.229 e. The normalized spacial score (nSPS) is 12.0. The molecule has 7 heteroatoms. The SMILES string of the molecule is COc1c(/C=C/c2ccc(NS(C)(=O)=O)cc2C#N)cc(Br)cc1C(C)(C)C. The van der Waals surface area contributed by atoms with Crippen LogP contribution in [-0.4, -0.2) is 21.8 Å². The largest absolute Gasteiger partial charge is 0.496 e. The molecule has 0 heterocycles. The number of hydrogen-bond donors (Lipinski definition) is 1. The molecule has 148 valence electrons. The lowest BCUT2D eigenvalue weighted by molar-refractivity contribution is 0.396. The van der Waals surface area contributed by atoms with Gasteiger partial charge < -0.3 is 4.74 Å². The lowest BCUT2D eigenvalue weighted by Gasteiger charge is -2.24. The van der Waals surface area contributed by atoms with Crippen molar-refractivity contribution in [2.24, 2.45) is 0 Å². The first-order valence-corrected chi connectivity index (χ1v) is 11.2. The Hall–Kier alpha value is -2.30. The van der Waals surface area contributed by atoms with E-state index < -0.39 is 10.0 Å². The quantitative estimate of drug-likeness (QED) is 0.621. The first-order valence-electron chi connectivity index (χ1n) is 8.52. The van der Waals surface area contributed by atoms with Crippen LogP contribution in [0.25, 0.3) is 12.2 Å². The average molecular weight is 463 g/mol. The van der Waals surface area contributed by atoms with E-state index in [1.54, 1.807) is 19.2 Å². The van der Waals surface area contributed by atoms with Gasteiger partial charge in [-0.2, -0.15) is 5.26 Å². The van der Waals surface area contributed by atoms with E-state index in [1.165, 1.54) is 6.07 Å². The number of methoxy groups -OCH3 is 1. The van der Waals surface area contributed by atoms with E-state index in [9.17, 15) is 13.7 Å². The molecule has 2 aromatic rings. The lowest BCUT2D eigenvalue weighted by Crippen LogP contribution is -2.13. The molecule has 0 saturated heterocycles. The Morgan fingerprint density at radius 3 is 2.32 bits per heavy atom. The molecule has 5 nitrogen and oxygen atoms in total. The third kappa shape index (κ3) is 5.60. The van der Waals surface area contributed by atoms with Crippen LogP contribution in [-0.2, 0) is 15.4 Å². The molecule has 0 aliphatic carbocycles. The van der Waals surface area contributed by atoms with E-state index in [4.69, 9.17) is 4.74 Å². The molecule has 28 heavy (non-hydrogen) atoms. The molecule has 2 rings (SSSR count). The zero-order valence-corrected chi connectivity index (χ0v) is 18.9. The molecule has 0 aliphatic rings. The molecule has 0 amide bonds. The number of halogens is 1. The van der Waals surface area contributed by atoms with Crippen molar-refractivity contribution in [1.29, 1.82) is 5.26 Å². The molecule has 1 N–H and O–H groups in total. The highest BCUT2D eigenvalue weighted by molar-refractivity contribution is 9.10. The number of nitriles is 1. The number of ether oxygens (including phenoxy) is 1. The Bertz CT molecular complexity index is 1060. The van der Waals surface area contributed by atoms with Gasteiger partial charge in [-0.25, -0.2) is 8.42 Å². The Labute approximate surface area is 175 Å². The third-order valence-corrected chi connectivity index (χ3v) is 5.08. The van der Waals surface area contributed by atoms with Gasteiger partial charge in [-0.3, -0.25) is 4.72 Å². The topological polar surface area (TPSA) is 79.2 Å². The van der Waals surface area contributed by atoms with Crippen LogP contribution in [0.1, 0.15) is 43.0 Å². The number of sulfonamides is 1. The van der Waals surface area contributed by atoms with Crippen LogP contribution in [0.5, 0.6) is 5.75 Å². The molecule has 0 unspecified atom stereocenters. The van der Waals surface area contributed by atoms with Crippen molar-refractivity contribution in [2.75, 3.05) is 18.1 Å². The summed E-state index contributed by atoms with van der Waals surface area (Å²) in [6.45, 7) is 6.35. The minimum absolute atomic E-state index is 0.103. The molecule has 0 atom stereocenters. The predicted octanol–water partition coefficient (Wildman–Crippen LogP) is 5.17. The molecule has 0 aliphatic heterocycles. The van der Waals surface area contributed by atoms with Gasteiger partial charge in [-0.05, 0) is 35.2 Å². The zero-order valence-electron chi connectivity index (χ0n) is 16.5. The van der Waals surface area contributed by atoms with Crippen LogP contribution in [0, 0.1) is 11.3 Å². The van der Waals surface area contributed by atoms with Gasteiger partial charge in [0.1, 0.15) is 5.75 Å². The first kappa shape index (κ1) is 22.0. The summed E-state index contributed by atoms with van der Waals surface area (Å²) in [7, 11) is -1.76. The molecule has 0 aromatic heterocycles. The standard InChI is InChI=1S/C21H23BrN2O3S/c1-21(2,3)19-12-17(22)10-15(20(19)27-4)7-6-14-8-9-18(11-16(14)13-23)24-28(5,25)26/h6-12,24H,1-5H3/b7-6+. The maximum absolute atomic E-state index is 11.4. The summed E-state index contributed by atoms with van der Waals surface area (Å²) in [5.74, 6) is 0.779. The highest BCUT2D eigenvalue weighted by Gasteiger charge is 2.21. The van der Waals surface area contributed by atoms with E-state index in [0.717, 1.165) is 27.6 Å². The van der Waals surface area contributed by atoms with Crippen LogP contribution >= 0.6 is 15.9 Å². The van der Waals surface area contributed by atoms with E-state index in [-0.39, 0.29) is 5.41 Å². The predicted molar refractivity (Wildman–Crippen MR) is 118 cm³/mol. The van der Waals surface area contributed by atoms with Gasteiger partial charge >= 0.3 is 0 Å². The minimum Gasteiger partial charge on any atom is -0.496 e. The van der Waals surface area contributed by atoms with E-state index in [0.29, 0.717) is 16.8 Å². The van der Waals surface area contributed by atoms with Crippen molar-refractivity contribution in [3.63, 3.8) is 0 Å². The van der Waals surface area contributed by atoms with Gasteiger partial charge in [-0.15, -0.1) is 0 Å². The molecule has 0 spiro atoms. The Morgan fingerprint density at radius 2 is 1.79 bits per heavy atom. The van der Waals surface area contributed by atoms with Crippen LogP contribution < -0.4 is 9.46 Å². The van der Waals surface area contributed by atoms with Crippen molar-refractivity contribution >= 4 is 43.8 Å². The molecule has 2 aromatic carbocycles. The van der Waals surface area contributed by atoms with Crippen LogP contribution in [0.2, 0.25) is 0 Å². The van der Waals surface area contributed by atoms with Crippen molar-refractivity contribution in [3.8, 4) is 11.8 Å². The van der Waals surface area contributed by atoms with Crippen molar-refractivity contribution in [1.82, 2.24) is 0 Å². The summed E-state index contributed by atoms with van der Waals surface area (Å²) < 4.78 is 31.7. The van der Waals surface area contributed by atoms with Crippen molar-refractivity contribution < 1.29 is 13.2 Å². The summed E-state index contributed by atoms with van der Waals surface area (Å²) >= 11 is 3.55. The second kappa shape index (κ2) is 8.38. The highest BCUT2D eigenvalue weighted by Crippen LogP contribution is 2.37. The maximum atomic E-state index is 11.4. The third-order valence-electron chi connectivity index (χ3n) is 4.01. The second-order valence-corrected chi connectivity index (χ2v) is 10.1. The number of anilines is 1. The molecule has 0 fully saturated rings. The number of nitrogens with one attached hydrogen (secondary N) is 1. The van der Waals surface area contributed by atoms with Crippen molar-refractivity contribution in [3.05, 3.63) is 57.1 Å². The Balaban J connectivity index is 2.49. The highest BCUT2D eigenvalue weighted by atomic mass is 79.9. The molecular weight excluding hydrogens is 440 g/mol. The number of rotatable bonds is 5. The van der Waals surface area contributed by atoms with E-state index in [2.05, 4.69) is 47.5 Å². The summed E-state index contributed by atoms with van der Waals surface area (Å²) in [4.78, 5) is 0. The molecular formula is C21H23BrN2O3S. The fourth-order valence-corrected chi connectivity index (χ4v) is 3.81. The maximum Gasteiger partial charge on any atom is 0.229 e.